The second-order valence-electron chi connectivity index (χ2n) is 7.76. The molecule has 0 heterocycles. The van der Waals surface area contributed by atoms with E-state index in [2.05, 4.69) is 10.5 Å². The van der Waals surface area contributed by atoms with Crippen molar-refractivity contribution in [3.05, 3.63) is 131 Å². The van der Waals surface area contributed by atoms with Gasteiger partial charge in [-0.25, -0.2) is 15.0 Å². The van der Waals surface area contributed by atoms with Gasteiger partial charge in [0.1, 0.15) is 11.5 Å². The Labute approximate surface area is 212 Å². The Morgan fingerprint density at radius 3 is 1.86 bits per heavy atom. The molecule has 8 heteroatoms. The van der Waals surface area contributed by atoms with E-state index in [4.69, 9.17) is 9.47 Å². The van der Waals surface area contributed by atoms with Gasteiger partial charge in [-0.1, -0.05) is 66.7 Å². The summed E-state index contributed by atoms with van der Waals surface area (Å²) in [5, 5.41) is 14.1. The Morgan fingerprint density at radius 1 is 0.730 bits per heavy atom. The third kappa shape index (κ3) is 6.74. The van der Waals surface area contributed by atoms with Gasteiger partial charge in [-0.3, -0.25) is 4.79 Å². The first kappa shape index (κ1) is 25.0. The average Bonchev–Trinajstić information content (AvgIpc) is 2.95. The number of hydrogen-bond donors (Lipinski definition) is 2. The van der Waals surface area contributed by atoms with Crippen molar-refractivity contribution in [1.82, 2.24) is 5.43 Å². The third-order valence-electron chi connectivity index (χ3n) is 5.16. The molecule has 4 rings (SSSR count). The van der Waals surface area contributed by atoms with E-state index in [1.807, 2.05) is 0 Å². The lowest BCUT2D eigenvalue weighted by molar-refractivity contribution is -0.129. The molecule has 0 aliphatic rings. The van der Waals surface area contributed by atoms with Crippen LogP contribution in [0.4, 0.5) is 0 Å². The Kier molecular flexibility index (Phi) is 8.15. The highest BCUT2D eigenvalue weighted by Crippen LogP contribution is 2.26. The first-order valence-corrected chi connectivity index (χ1v) is 11.3. The smallest absolute Gasteiger partial charge is 0.343 e. The van der Waals surface area contributed by atoms with Crippen molar-refractivity contribution in [3.63, 3.8) is 0 Å². The Hall–Kier alpha value is -5.08. The molecule has 0 aliphatic carbocycles. The molecule has 0 unspecified atom stereocenters. The quantitative estimate of drug-likeness (QED) is 0.163. The van der Waals surface area contributed by atoms with Crippen molar-refractivity contribution in [2.24, 2.45) is 5.10 Å². The lowest BCUT2D eigenvalue weighted by Gasteiger charge is -2.11. The Balaban J connectivity index is 1.53. The van der Waals surface area contributed by atoms with Crippen LogP contribution < -0.4 is 14.9 Å². The predicted octanol–water partition coefficient (Wildman–Crippen LogP) is 4.31. The first-order valence-electron chi connectivity index (χ1n) is 11.3. The molecule has 1 atom stereocenters. The number of hydrazone groups is 1. The molecule has 0 fully saturated rings. The van der Waals surface area contributed by atoms with Crippen molar-refractivity contribution in [1.29, 1.82) is 0 Å². The van der Waals surface area contributed by atoms with E-state index in [1.54, 1.807) is 91.0 Å². The van der Waals surface area contributed by atoms with Crippen LogP contribution in [-0.2, 0) is 4.79 Å². The van der Waals surface area contributed by atoms with Crippen molar-refractivity contribution in [2.45, 2.75) is 6.10 Å². The number of carbonyl (C=O) groups is 3. The number of benzene rings is 4. The van der Waals surface area contributed by atoms with Crippen LogP contribution in [-0.4, -0.2) is 29.2 Å². The maximum Gasteiger partial charge on any atom is 0.343 e. The van der Waals surface area contributed by atoms with Gasteiger partial charge in [0.15, 0.2) is 6.10 Å². The van der Waals surface area contributed by atoms with E-state index >= 15 is 0 Å². The highest BCUT2D eigenvalue weighted by molar-refractivity contribution is 5.94. The van der Waals surface area contributed by atoms with Crippen molar-refractivity contribution < 1.29 is 29.0 Å². The summed E-state index contributed by atoms with van der Waals surface area (Å²) in [5.74, 6) is -1.76. The summed E-state index contributed by atoms with van der Waals surface area (Å²) in [6.07, 6.45) is -0.153. The van der Waals surface area contributed by atoms with Gasteiger partial charge in [-0.2, -0.15) is 5.10 Å². The number of ether oxygens (including phenoxy) is 2. The van der Waals surface area contributed by atoms with Crippen LogP contribution in [0.2, 0.25) is 0 Å². The number of aliphatic hydroxyl groups excluding tert-OH is 1. The van der Waals surface area contributed by atoms with Crippen LogP contribution in [0.5, 0.6) is 11.5 Å². The maximum absolute atomic E-state index is 12.7. The Bertz CT molecular complexity index is 1410. The van der Waals surface area contributed by atoms with Crippen molar-refractivity contribution >= 4 is 24.1 Å². The molecule has 0 saturated carbocycles. The van der Waals surface area contributed by atoms with Gasteiger partial charge in [-0.15, -0.1) is 0 Å². The summed E-state index contributed by atoms with van der Waals surface area (Å²) in [7, 11) is 0. The number of rotatable bonds is 8. The van der Waals surface area contributed by atoms with Crippen molar-refractivity contribution in [3.8, 4) is 11.5 Å². The standard InChI is InChI=1S/C29H22N2O6/c32-26(20-10-4-1-5-11-20)27(33)31-30-19-23-16-17-24(36-28(34)21-12-6-2-7-13-21)18-25(23)37-29(35)22-14-8-3-9-15-22/h1-19,26,32H,(H,31,33)/b30-19-/t26-/m0/s1. The van der Waals surface area contributed by atoms with Crippen LogP contribution in [0.1, 0.15) is 37.9 Å². The number of hydrogen-bond acceptors (Lipinski definition) is 7. The van der Waals surface area contributed by atoms with Crippen molar-refractivity contribution in [2.75, 3.05) is 0 Å². The molecule has 0 bridgehead atoms. The molecule has 0 aromatic heterocycles. The fourth-order valence-corrected chi connectivity index (χ4v) is 3.26. The average molecular weight is 495 g/mol. The van der Waals surface area contributed by atoms with Gasteiger partial charge in [0, 0.05) is 11.6 Å². The second kappa shape index (κ2) is 12.1. The minimum Gasteiger partial charge on any atom is -0.423 e. The zero-order valence-corrected chi connectivity index (χ0v) is 19.5. The zero-order chi connectivity index (χ0) is 26.0. The van der Waals surface area contributed by atoms with Gasteiger partial charge < -0.3 is 14.6 Å². The number of nitrogens with one attached hydrogen (secondary N) is 1. The molecule has 0 aliphatic heterocycles. The summed E-state index contributed by atoms with van der Waals surface area (Å²) >= 11 is 0. The van der Waals surface area contributed by atoms with Crippen LogP contribution in [0.25, 0.3) is 0 Å². The largest absolute Gasteiger partial charge is 0.423 e. The fourth-order valence-electron chi connectivity index (χ4n) is 3.26. The summed E-state index contributed by atoms with van der Waals surface area (Å²) < 4.78 is 11.0. The molecule has 37 heavy (non-hydrogen) atoms. The zero-order valence-electron chi connectivity index (χ0n) is 19.5. The highest BCUT2D eigenvalue weighted by atomic mass is 16.5. The van der Waals surface area contributed by atoms with E-state index in [-0.39, 0.29) is 11.5 Å². The minimum absolute atomic E-state index is 0.0498. The normalized spacial score (nSPS) is 11.5. The monoisotopic (exact) mass is 494 g/mol. The SMILES string of the molecule is O=C(Oc1ccc(/C=N\NC(=O)[C@@H](O)c2ccccc2)c(OC(=O)c2ccccc2)c1)c1ccccc1. The third-order valence-corrected chi connectivity index (χ3v) is 5.16. The molecule has 0 radical (unpaired) electrons. The molecule has 184 valence electrons. The van der Waals surface area contributed by atoms with E-state index in [1.165, 1.54) is 24.4 Å². The van der Waals surface area contributed by atoms with E-state index in [0.29, 0.717) is 22.3 Å². The van der Waals surface area contributed by atoms with Crippen LogP contribution >= 0.6 is 0 Å². The van der Waals surface area contributed by atoms with Crippen LogP contribution in [0.3, 0.4) is 0 Å². The minimum atomic E-state index is -1.41. The second-order valence-corrected chi connectivity index (χ2v) is 7.76. The van der Waals surface area contributed by atoms with Gasteiger partial charge in [0.05, 0.1) is 17.3 Å². The molecule has 0 saturated heterocycles. The summed E-state index contributed by atoms with van der Waals surface area (Å²) in [4.78, 5) is 37.4. The first-order chi connectivity index (χ1) is 18.0. The molecular formula is C29H22N2O6. The summed E-state index contributed by atoms with van der Waals surface area (Å²) in [6, 6.07) is 29.6. The molecule has 0 spiro atoms. The lowest BCUT2D eigenvalue weighted by atomic mass is 10.1. The number of carbonyl (C=O) groups excluding carboxylic acids is 3. The number of amides is 1. The molecule has 4 aromatic rings. The van der Waals surface area contributed by atoms with E-state index in [9.17, 15) is 19.5 Å². The predicted molar refractivity (Wildman–Crippen MR) is 136 cm³/mol. The van der Waals surface area contributed by atoms with Crippen LogP contribution in [0.15, 0.2) is 114 Å². The molecule has 1 amide bonds. The topological polar surface area (TPSA) is 114 Å². The fraction of sp³-hybridized carbons (Fsp3) is 0.0345. The number of esters is 2. The molecule has 2 N–H and O–H groups in total. The lowest BCUT2D eigenvalue weighted by Crippen LogP contribution is -2.25. The molecule has 4 aromatic carbocycles. The highest BCUT2D eigenvalue weighted by Gasteiger charge is 2.17. The molecule has 8 nitrogen and oxygen atoms in total. The van der Waals surface area contributed by atoms with Gasteiger partial charge >= 0.3 is 11.9 Å². The van der Waals surface area contributed by atoms with Gasteiger partial charge in [0.25, 0.3) is 5.91 Å². The van der Waals surface area contributed by atoms with E-state index in [0.717, 1.165) is 0 Å². The van der Waals surface area contributed by atoms with Crippen LogP contribution in [0, 0.1) is 0 Å². The number of nitrogens with zero attached hydrogens (tertiary/aromatic N) is 1. The summed E-state index contributed by atoms with van der Waals surface area (Å²) in [5.41, 5.74) is 3.67. The maximum atomic E-state index is 12.7. The van der Waals surface area contributed by atoms with Gasteiger partial charge in [-0.05, 0) is 42.0 Å². The number of aliphatic hydroxyl groups is 1. The summed E-state index contributed by atoms with van der Waals surface area (Å²) in [6.45, 7) is 0. The Morgan fingerprint density at radius 2 is 1.27 bits per heavy atom. The van der Waals surface area contributed by atoms with E-state index < -0.39 is 23.9 Å². The van der Waals surface area contributed by atoms with Gasteiger partial charge in [0.2, 0.25) is 0 Å². The molecular weight excluding hydrogens is 472 g/mol.